The molecular formula is C11H20NO5+. The molecule has 0 radical (unpaired) electrons. The van der Waals surface area contributed by atoms with Gasteiger partial charge in [-0.15, -0.1) is 0 Å². The van der Waals surface area contributed by atoms with E-state index >= 15 is 0 Å². The van der Waals surface area contributed by atoms with Gasteiger partial charge in [0, 0.05) is 0 Å². The molecule has 98 valence electrons. The lowest BCUT2D eigenvalue weighted by atomic mass is 9.91. The first kappa shape index (κ1) is 12.8. The van der Waals surface area contributed by atoms with Crippen molar-refractivity contribution in [1.82, 2.24) is 5.06 Å². The molecule has 0 aliphatic carbocycles. The highest BCUT2D eigenvalue weighted by atomic mass is 16.7. The third-order valence-electron chi connectivity index (χ3n) is 3.38. The van der Waals surface area contributed by atoms with E-state index < -0.39 is 16.9 Å². The van der Waals surface area contributed by atoms with Crippen molar-refractivity contribution in [3.05, 3.63) is 0 Å². The van der Waals surface area contributed by atoms with E-state index in [4.69, 9.17) is 19.4 Å². The van der Waals surface area contributed by atoms with Gasteiger partial charge in [-0.3, -0.25) is 0 Å². The fourth-order valence-electron chi connectivity index (χ4n) is 2.04. The number of rotatable bonds is 0. The van der Waals surface area contributed by atoms with Crippen molar-refractivity contribution in [2.24, 2.45) is 0 Å². The fourth-order valence-corrected chi connectivity index (χ4v) is 2.04. The van der Waals surface area contributed by atoms with Crippen LogP contribution in [0.5, 0.6) is 0 Å². The summed E-state index contributed by atoms with van der Waals surface area (Å²) in [6, 6.07) is 0. The quantitative estimate of drug-likeness (QED) is 0.437. The summed E-state index contributed by atoms with van der Waals surface area (Å²) in [6.07, 6.45) is 0. The van der Waals surface area contributed by atoms with Gasteiger partial charge in [-0.25, -0.2) is 4.79 Å². The lowest BCUT2D eigenvalue weighted by Crippen LogP contribution is -2.72. The number of carbonyl (C=O) groups is 1. The number of ether oxygens (including phenoxy) is 3. The summed E-state index contributed by atoms with van der Waals surface area (Å²) in [4.78, 5) is 11.6. The van der Waals surface area contributed by atoms with Gasteiger partial charge < -0.3 is 19.4 Å². The maximum atomic E-state index is 11.6. The van der Waals surface area contributed by atoms with Crippen LogP contribution in [-0.2, 0) is 19.0 Å². The molecule has 0 atom stereocenters. The molecule has 0 bridgehead atoms. The van der Waals surface area contributed by atoms with Gasteiger partial charge in [0.15, 0.2) is 16.9 Å². The summed E-state index contributed by atoms with van der Waals surface area (Å²) < 4.78 is 16.3. The van der Waals surface area contributed by atoms with Crippen molar-refractivity contribution in [1.29, 1.82) is 0 Å². The van der Waals surface area contributed by atoms with Crippen LogP contribution in [-0.4, -0.2) is 52.9 Å². The second-order valence-electron chi connectivity index (χ2n) is 5.67. The van der Waals surface area contributed by atoms with E-state index in [9.17, 15) is 4.79 Å². The van der Waals surface area contributed by atoms with Crippen molar-refractivity contribution in [3.8, 4) is 0 Å². The van der Waals surface area contributed by atoms with Crippen LogP contribution in [0.4, 0.5) is 0 Å². The van der Waals surface area contributed by atoms with Gasteiger partial charge in [0.2, 0.25) is 0 Å². The summed E-state index contributed by atoms with van der Waals surface area (Å²) in [5.41, 5.74) is -1.68. The Labute approximate surface area is 100 Å². The normalized spacial score (nSPS) is 31.2. The predicted octanol–water partition coefficient (Wildman–Crippen LogP) is -0.215. The lowest BCUT2D eigenvalue weighted by molar-refractivity contribution is -0.355. The molecule has 2 rings (SSSR count). The molecule has 2 fully saturated rings. The standard InChI is InChI=1S/C11H19NO5/c1-9(2)8(13)15-5-11(12(9)14)6-16-10(3,4)17-7-11/h14H,5-7H2,1-4H3/p+1. The molecule has 0 aromatic heterocycles. The molecule has 0 aromatic rings. The van der Waals surface area contributed by atoms with Gasteiger partial charge in [0.25, 0.3) is 0 Å². The Morgan fingerprint density at radius 1 is 1.12 bits per heavy atom. The van der Waals surface area contributed by atoms with Crippen LogP contribution < -0.4 is 0 Å². The monoisotopic (exact) mass is 246 g/mol. The minimum Gasteiger partial charge on any atom is -0.462 e. The fraction of sp³-hybridized carbons (Fsp3) is 0.909. The van der Waals surface area contributed by atoms with Gasteiger partial charge in [-0.05, 0) is 32.8 Å². The highest BCUT2D eigenvalue weighted by Gasteiger charge is 2.59. The van der Waals surface area contributed by atoms with Crippen LogP contribution in [0.15, 0.2) is 0 Å². The molecule has 2 aliphatic rings. The Balaban J connectivity index is 2.20. The van der Waals surface area contributed by atoms with Crippen LogP contribution in [0, 0.1) is 0 Å². The lowest BCUT2D eigenvalue weighted by Gasteiger charge is -2.49. The largest absolute Gasteiger partial charge is 0.462 e. The number of cyclic esters (lactones) is 1. The number of morpholine rings is 1. The Hall–Kier alpha value is -0.690. The van der Waals surface area contributed by atoms with Crippen LogP contribution in [0.25, 0.3) is 0 Å². The number of esters is 1. The number of hydrogen-bond donors (Lipinski definition) is 0. The highest BCUT2D eigenvalue weighted by Crippen LogP contribution is 2.35. The van der Waals surface area contributed by atoms with Crippen LogP contribution >= 0.6 is 0 Å². The number of hydroxylamine groups is 2. The van der Waals surface area contributed by atoms with Gasteiger partial charge in [0.05, 0.1) is 13.2 Å². The zero-order valence-electron chi connectivity index (χ0n) is 10.7. The molecule has 17 heavy (non-hydrogen) atoms. The Morgan fingerprint density at radius 3 is 2.18 bits per heavy atom. The van der Waals surface area contributed by atoms with E-state index in [0.717, 1.165) is 0 Å². The van der Waals surface area contributed by atoms with Crippen molar-refractivity contribution in [3.63, 3.8) is 0 Å². The second-order valence-corrected chi connectivity index (χ2v) is 5.67. The molecule has 0 unspecified atom stereocenters. The summed E-state index contributed by atoms with van der Waals surface area (Å²) in [5.74, 6) is -1.03. The molecule has 2 aliphatic heterocycles. The van der Waals surface area contributed by atoms with Crippen LogP contribution in [0.1, 0.15) is 27.7 Å². The molecule has 1 spiro atoms. The van der Waals surface area contributed by atoms with Gasteiger partial charge in [0.1, 0.15) is 6.61 Å². The Morgan fingerprint density at radius 2 is 1.65 bits per heavy atom. The SMILES string of the molecule is CC1(C)OCC2(COC(=O)C(C)(C)N2[OH2+])CO1. The first-order chi connectivity index (χ1) is 7.70. The minimum atomic E-state index is -0.980. The van der Waals surface area contributed by atoms with E-state index in [1.54, 1.807) is 13.8 Å². The maximum absolute atomic E-state index is 11.6. The average Bonchev–Trinajstić information content (AvgIpc) is 2.25. The zero-order chi connectivity index (χ0) is 12.9. The zero-order valence-corrected chi connectivity index (χ0v) is 10.7. The number of hydrogen-bond acceptors (Lipinski definition) is 5. The van der Waals surface area contributed by atoms with Crippen LogP contribution in [0.3, 0.4) is 0 Å². The summed E-state index contributed by atoms with van der Waals surface area (Å²) >= 11 is 0. The highest BCUT2D eigenvalue weighted by molar-refractivity contribution is 5.80. The smallest absolute Gasteiger partial charge is 0.333 e. The predicted molar refractivity (Wildman–Crippen MR) is 59.2 cm³/mol. The van der Waals surface area contributed by atoms with Crippen molar-refractivity contribution in [2.45, 2.75) is 44.6 Å². The topological polar surface area (TPSA) is 70.9 Å². The summed E-state index contributed by atoms with van der Waals surface area (Å²) in [7, 11) is 0. The van der Waals surface area contributed by atoms with Gasteiger partial charge in [-0.1, -0.05) is 0 Å². The van der Waals surface area contributed by atoms with Crippen molar-refractivity contribution < 1.29 is 24.2 Å². The van der Waals surface area contributed by atoms with Crippen molar-refractivity contribution >= 4 is 5.97 Å². The molecule has 0 aromatic carbocycles. The number of nitrogens with zero attached hydrogens (tertiary/aromatic N) is 1. The van der Waals surface area contributed by atoms with Crippen molar-refractivity contribution in [2.75, 3.05) is 19.8 Å². The molecule has 2 heterocycles. The van der Waals surface area contributed by atoms with Crippen LogP contribution in [0.2, 0.25) is 0 Å². The first-order valence-electron chi connectivity index (χ1n) is 5.66. The first-order valence-corrected chi connectivity index (χ1v) is 5.66. The van der Waals surface area contributed by atoms with E-state index in [1.165, 1.54) is 5.06 Å². The molecule has 2 N–H and O–H groups in total. The minimum absolute atomic E-state index is 0.134. The third kappa shape index (κ3) is 1.95. The molecular weight excluding hydrogens is 226 g/mol. The summed E-state index contributed by atoms with van der Waals surface area (Å²) in [5, 5.41) is 9.41. The van der Waals surface area contributed by atoms with E-state index in [0.29, 0.717) is 13.2 Å². The Bertz CT molecular complexity index is 329. The second kappa shape index (κ2) is 3.65. The van der Waals surface area contributed by atoms with E-state index in [2.05, 4.69) is 0 Å². The average molecular weight is 246 g/mol. The molecule has 6 nitrogen and oxygen atoms in total. The van der Waals surface area contributed by atoms with E-state index in [1.807, 2.05) is 13.8 Å². The Kier molecular flexibility index (Phi) is 2.74. The number of carbonyl (C=O) groups excluding carboxylic acids is 1. The third-order valence-corrected chi connectivity index (χ3v) is 3.38. The maximum Gasteiger partial charge on any atom is 0.333 e. The summed E-state index contributed by atoms with van der Waals surface area (Å²) in [6.45, 7) is 7.77. The van der Waals surface area contributed by atoms with E-state index in [-0.39, 0.29) is 12.6 Å². The molecule has 2 saturated heterocycles. The molecule has 6 heteroatoms. The molecule has 0 saturated carbocycles. The van der Waals surface area contributed by atoms with Gasteiger partial charge in [-0.2, -0.15) is 0 Å². The van der Waals surface area contributed by atoms with Gasteiger partial charge >= 0.3 is 5.97 Å². The molecule has 0 amide bonds.